The van der Waals surface area contributed by atoms with Crippen molar-refractivity contribution in [3.05, 3.63) is 89.7 Å². The van der Waals surface area contributed by atoms with Crippen LogP contribution >= 0.6 is 0 Å². The van der Waals surface area contributed by atoms with E-state index >= 15 is 0 Å². The highest BCUT2D eigenvalue weighted by Crippen LogP contribution is 2.23. The molecule has 0 saturated heterocycles. The molecule has 3 aromatic rings. The zero-order valence-corrected chi connectivity index (χ0v) is 15.2. The van der Waals surface area contributed by atoms with Crippen molar-refractivity contribution in [3.8, 4) is 17.2 Å². The average molecular weight is 379 g/mol. The van der Waals surface area contributed by atoms with Gasteiger partial charge in [-0.15, -0.1) is 0 Å². The second-order valence-electron chi connectivity index (χ2n) is 5.53. The van der Waals surface area contributed by atoms with Crippen molar-refractivity contribution in [1.82, 2.24) is 0 Å². The molecule has 2 aromatic carbocycles. The summed E-state index contributed by atoms with van der Waals surface area (Å²) in [5, 5.41) is 9.23. The van der Waals surface area contributed by atoms with Gasteiger partial charge in [0.1, 0.15) is 0 Å². The maximum absolute atomic E-state index is 9.23. The van der Waals surface area contributed by atoms with Gasteiger partial charge in [-0.05, 0) is 17.2 Å². The molecule has 1 aromatic heterocycles. The fourth-order valence-corrected chi connectivity index (χ4v) is 2.81. The number of aromatic nitrogens is 1. The molecule has 1 heterocycles. The minimum absolute atomic E-state index is 0. The van der Waals surface area contributed by atoms with Gasteiger partial charge in [0.25, 0.3) is 0 Å². The van der Waals surface area contributed by atoms with E-state index in [1.54, 1.807) is 0 Å². The molecule has 0 N–H and O–H groups in total. The van der Waals surface area contributed by atoms with Crippen molar-refractivity contribution in [2.45, 2.75) is 19.9 Å². The summed E-state index contributed by atoms with van der Waals surface area (Å²) in [6, 6.07) is 24.8. The number of aryl methyl sites for hydroxylation is 1. The van der Waals surface area contributed by atoms with Gasteiger partial charge in [-0.25, -0.2) is 0 Å². The van der Waals surface area contributed by atoms with E-state index < -0.39 is 0 Å². The monoisotopic (exact) mass is 378 g/mol. The summed E-state index contributed by atoms with van der Waals surface area (Å²) < 4.78 is 2.28. The molecule has 0 spiro atoms. The first-order chi connectivity index (χ1) is 11.3. The van der Waals surface area contributed by atoms with Crippen LogP contribution in [0, 0.1) is 11.3 Å². The van der Waals surface area contributed by atoms with E-state index in [1.165, 1.54) is 11.3 Å². The van der Waals surface area contributed by atoms with Gasteiger partial charge in [0.05, 0.1) is 11.6 Å². The van der Waals surface area contributed by atoms with Crippen LogP contribution in [0.2, 0.25) is 0 Å². The fourth-order valence-electron chi connectivity index (χ4n) is 2.81. The summed E-state index contributed by atoms with van der Waals surface area (Å²) in [6.45, 7) is 3.04. The molecule has 0 radical (unpaired) electrons. The minimum Gasteiger partial charge on any atom is -1.00 e. The van der Waals surface area contributed by atoms with E-state index in [0.29, 0.717) is 5.56 Å². The first kappa shape index (κ1) is 17.9. The van der Waals surface area contributed by atoms with Crippen LogP contribution in [0.15, 0.2) is 72.9 Å². The lowest BCUT2D eigenvalue weighted by Crippen LogP contribution is -3.00. The predicted octanol–water partition coefficient (Wildman–Crippen LogP) is 1.13. The molecule has 2 nitrogen and oxygen atoms in total. The number of nitrogens with zero attached hydrogens (tertiary/aromatic N) is 2. The molecule has 0 saturated carbocycles. The Morgan fingerprint density at radius 1 is 0.917 bits per heavy atom. The van der Waals surface area contributed by atoms with Gasteiger partial charge in [-0.3, -0.25) is 0 Å². The van der Waals surface area contributed by atoms with Gasteiger partial charge >= 0.3 is 0 Å². The van der Waals surface area contributed by atoms with Crippen molar-refractivity contribution in [3.63, 3.8) is 0 Å². The molecule has 0 amide bonds. The van der Waals surface area contributed by atoms with E-state index in [9.17, 15) is 5.26 Å². The Morgan fingerprint density at radius 2 is 1.62 bits per heavy atom. The Bertz CT molecular complexity index is 848. The Hall–Kier alpha value is -2.44. The van der Waals surface area contributed by atoms with E-state index in [0.717, 1.165) is 24.1 Å². The van der Waals surface area contributed by atoms with Crippen molar-refractivity contribution in [2.75, 3.05) is 0 Å². The number of hydrogen-bond donors (Lipinski definition) is 0. The van der Waals surface area contributed by atoms with Gasteiger partial charge in [0, 0.05) is 24.1 Å². The maximum atomic E-state index is 9.23. The molecule has 0 fully saturated rings. The second kappa shape index (κ2) is 8.42. The zero-order valence-electron chi connectivity index (χ0n) is 13.6. The highest BCUT2D eigenvalue weighted by atomic mass is 79.9. The molecule has 0 aliphatic carbocycles. The van der Waals surface area contributed by atoms with Crippen LogP contribution in [0.4, 0.5) is 0 Å². The lowest BCUT2D eigenvalue weighted by atomic mass is 9.99. The standard InChI is InChI=1S/C21H19N2.BrH/c1-2-20-8-5-6-14-23(20)16-17-10-12-18(13-11-17)21-9-4-3-7-19(21)15-22;/h3-14H,2,16H2,1H3;1H/q+1;/p-1. The molecule has 0 unspecified atom stereocenters. The lowest BCUT2D eigenvalue weighted by Gasteiger charge is -2.06. The van der Waals surface area contributed by atoms with Crippen molar-refractivity contribution in [2.24, 2.45) is 0 Å². The van der Waals surface area contributed by atoms with E-state index in [1.807, 2.05) is 24.3 Å². The summed E-state index contributed by atoms with van der Waals surface area (Å²) in [5.41, 5.74) is 5.37. The summed E-state index contributed by atoms with van der Waals surface area (Å²) in [6.07, 6.45) is 3.15. The molecular weight excluding hydrogens is 360 g/mol. The van der Waals surface area contributed by atoms with Gasteiger partial charge in [0.15, 0.2) is 18.4 Å². The number of hydrogen-bond acceptors (Lipinski definition) is 1. The van der Waals surface area contributed by atoms with E-state index in [-0.39, 0.29) is 17.0 Å². The highest BCUT2D eigenvalue weighted by molar-refractivity contribution is 5.70. The minimum atomic E-state index is 0. The number of rotatable bonds is 4. The Labute approximate surface area is 153 Å². The molecule has 120 valence electrons. The van der Waals surface area contributed by atoms with Gasteiger partial charge in [-0.2, -0.15) is 9.83 Å². The zero-order chi connectivity index (χ0) is 16.1. The Morgan fingerprint density at radius 3 is 2.33 bits per heavy atom. The number of halogens is 1. The molecular formula is C21H19BrN2. The summed E-state index contributed by atoms with van der Waals surface area (Å²) >= 11 is 0. The smallest absolute Gasteiger partial charge is 0.181 e. The van der Waals surface area contributed by atoms with Crippen LogP contribution in [0.1, 0.15) is 23.7 Å². The maximum Gasteiger partial charge on any atom is 0.181 e. The SMILES string of the molecule is CCc1cccc[n+]1Cc1ccc(-c2ccccc2C#N)cc1.[Br-]. The van der Waals surface area contributed by atoms with Gasteiger partial charge in [0.2, 0.25) is 0 Å². The summed E-state index contributed by atoms with van der Waals surface area (Å²) in [4.78, 5) is 0. The number of nitriles is 1. The molecule has 3 heteroatoms. The van der Waals surface area contributed by atoms with E-state index in [4.69, 9.17) is 0 Å². The summed E-state index contributed by atoms with van der Waals surface area (Å²) in [7, 11) is 0. The Balaban J connectivity index is 0.00000208. The topological polar surface area (TPSA) is 27.7 Å². The van der Waals surface area contributed by atoms with Crippen LogP contribution in [0.25, 0.3) is 11.1 Å². The molecule has 0 bridgehead atoms. The molecule has 24 heavy (non-hydrogen) atoms. The van der Waals surface area contributed by atoms with Crippen molar-refractivity contribution in [1.29, 1.82) is 5.26 Å². The first-order valence-electron chi connectivity index (χ1n) is 7.87. The lowest BCUT2D eigenvalue weighted by molar-refractivity contribution is -0.695. The van der Waals surface area contributed by atoms with Crippen molar-refractivity contribution < 1.29 is 21.5 Å². The molecule has 0 atom stereocenters. The van der Waals surface area contributed by atoms with Crippen molar-refractivity contribution >= 4 is 0 Å². The van der Waals surface area contributed by atoms with Crippen LogP contribution in [-0.4, -0.2) is 0 Å². The predicted molar refractivity (Wildman–Crippen MR) is 91.7 cm³/mol. The third-order valence-electron chi connectivity index (χ3n) is 4.06. The van der Waals surface area contributed by atoms with Crippen LogP contribution in [0.3, 0.4) is 0 Å². The van der Waals surface area contributed by atoms with Crippen LogP contribution < -0.4 is 21.5 Å². The second-order valence-corrected chi connectivity index (χ2v) is 5.53. The number of pyridine rings is 1. The third-order valence-corrected chi connectivity index (χ3v) is 4.06. The Kier molecular flexibility index (Phi) is 6.28. The average Bonchev–Trinajstić information content (AvgIpc) is 2.63. The first-order valence-corrected chi connectivity index (χ1v) is 7.87. The highest BCUT2D eigenvalue weighted by Gasteiger charge is 2.09. The largest absolute Gasteiger partial charge is 1.00 e. The van der Waals surface area contributed by atoms with E-state index in [2.05, 4.69) is 66.2 Å². The van der Waals surface area contributed by atoms with Gasteiger partial charge in [-0.1, -0.05) is 55.5 Å². The van der Waals surface area contributed by atoms with Crippen LogP contribution in [0.5, 0.6) is 0 Å². The quantitative estimate of drug-likeness (QED) is 0.625. The summed E-state index contributed by atoms with van der Waals surface area (Å²) in [5.74, 6) is 0. The normalized spacial score (nSPS) is 9.83. The molecule has 0 aliphatic rings. The molecule has 3 rings (SSSR count). The molecule has 0 aliphatic heterocycles. The number of benzene rings is 2. The fraction of sp³-hybridized carbons (Fsp3) is 0.143. The van der Waals surface area contributed by atoms with Crippen LogP contribution in [-0.2, 0) is 13.0 Å². The van der Waals surface area contributed by atoms with Gasteiger partial charge < -0.3 is 17.0 Å². The third kappa shape index (κ3) is 3.90.